The minimum atomic E-state index is -0.730. The zero-order chi connectivity index (χ0) is 20.6. The predicted octanol–water partition coefficient (Wildman–Crippen LogP) is 2.26. The van der Waals surface area contributed by atoms with Gasteiger partial charge in [0.1, 0.15) is 17.3 Å². The molecular weight excluding hydrogens is 374 g/mol. The van der Waals surface area contributed by atoms with Crippen molar-refractivity contribution >= 4 is 17.5 Å². The molecule has 1 saturated heterocycles. The molecule has 1 aromatic heterocycles. The highest BCUT2D eigenvalue weighted by Gasteiger charge is 2.22. The molecule has 8 nitrogen and oxygen atoms in total. The second kappa shape index (κ2) is 9.97. The Morgan fingerprint density at radius 3 is 2.59 bits per heavy atom. The Labute approximate surface area is 170 Å². The number of piperidine rings is 1. The SMILES string of the molecule is COc1ccc(OC)c(NC(=O)C(=O)NCC2CCN(Cc3ccco3)CC2)c1. The number of nitrogens with one attached hydrogen (secondary N) is 2. The van der Waals surface area contributed by atoms with Gasteiger partial charge in [0.15, 0.2) is 0 Å². The zero-order valence-electron chi connectivity index (χ0n) is 16.8. The van der Waals surface area contributed by atoms with Gasteiger partial charge in [0, 0.05) is 12.6 Å². The Morgan fingerprint density at radius 1 is 1.14 bits per heavy atom. The molecule has 0 radical (unpaired) electrons. The monoisotopic (exact) mass is 401 g/mol. The van der Waals surface area contributed by atoms with Gasteiger partial charge in [-0.3, -0.25) is 14.5 Å². The summed E-state index contributed by atoms with van der Waals surface area (Å²) in [6.45, 7) is 3.16. The Balaban J connectivity index is 1.43. The number of nitrogens with zero attached hydrogens (tertiary/aromatic N) is 1. The first-order valence-electron chi connectivity index (χ1n) is 9.65. The molecular formula is C21H27N3O5. The van der Waals surface area contributed by atoms with E-state index in [2.05, 4.69) is 15.5 Å². The largest absolute Gasteiger partial charge is 0.497 e. The molecule has 0 saturated carbocycles. The molecule has 1 aliphatic heterocycles. The van der Waals surface area contributed by atoms with E-state index in [1.807, 2.05) is 12.1 Å². The lowest BCUT2D eigenvalue weighted by molar-refractivity contribution is -0.136. The van der Waals surface area contributed by atoms with Crippen molar-refractivity contribution in [3.8, 4) is 11.5 Å². The van der Waals surface area contributed by atoms with Gasteiger partial charge in [0.2, 0.25) is 0 Å². The second-order valence-electron chi connectivity index (χ2n) is 7.03. The van der Waals surface area contributed by atoms with Crippen LogP contribution < -0.4 is 20.1 Å². The molecule has 0 spiro atoms. The molecule has 2 amide bonds. The van der Waals surface area contributed by atoms with E-state index in [1.54, 1.807) is 24.5 Å². The highest BCUT2D eigenvalue weighted by atomic mass is 16.5. The lowest BCUT2D eigenvalue weighted by Crippen LogP contribution is -2.41. The maximum Gasteiger partial charge on any atom is 0.313 e. The van der Waals surface area contributed by atoms with Crippen molar-refractivity contribution in [1.82, 2.24) is 10.2 Å². The van der Waals surface area contributed by atoms with Crippen LogP contribution in [-0.2, 0) is 16.1 Å². The highest BCUT2D eigenvalue weighted by Crippen LogP contribution is 2.28. The third-order valence-corrected chi connectivity index (χ3v) is 5.08. The summed E-state index contributed by atoms with van der Waals surface area (Å²) in [4.78, 5) is 26.8. The highest BCUT2D eigenvalue weighted by molar-refractivity contribution is 6.39. The van der Waals surface area contributed by atoms with Crippen LogP contribution in [0.15, 0.2) is 41.0 Å². The number of carbonyl (C=O) groups is 2. The average molecular weight is 401 g/mol. The topological polar surface area (TPSA) is 93.0 Å². The maximum absolute atomic E-state index is 12.2. The predicted molar refractivity (Wildman–Crippen MR) is 108 cm³/mol. The van der Waals surface area contributed by atoms with Crippen molar-refractivity contribution in [2.45, 2.75) is 19.4 Å². The number of likely N-dealkylation sites (tertiary alicyclic amines) is 1. The van der Waals surface area contributed by atoms with E-state index >= 15 is 0 Å². The normalized spacial score (nSPS) is 15.0. The van der Waals surface area contributed by atoms with Crippen LogP contribution in [0.4, 0.5) is 5.69 Å². The van der Waals surface area contributed by atoms with E-state index in [-0.39, 0.29) is 0 Å². The molecule has 156 valence electrons. The molecule has 0 unspecified atom stereocenters. The van der Waals surface area contributed by atoms with Crippen LogP contribution in [0.3, 0.4) is 0 Å². The number of ether oxygens (including phenoxy) is 2. The summed E-state index contributed by atoms with van der Waals surface area (Å²) in [5.74, 6) is 0.936. The van der Waals surface area contributed by atoms with Gasteiger partial charge < -0.3 is 24.5 Å². The molecule has 0 atom stereocenters. The average Bonchev–Trinajstić information content (AvgIpc) is 3.26. The number of benzene rings is 1. The summed E-state index contributed by atoms with van der Waals surface area (Å²) in [7, 11) is 3.02. The van der Waals surface area contributed by atoms with Crippen LogP contribution in [0.2, 0.25) is 0 Å². The molecule has 2 aromatic rings. The molecule has 1 aliphatic rings. The first-order valence-corrected chi connectivity index (χ1v) is 9.65. The molecule has 0 bridgehead atoms. The quantitative estimate of drug-likeness (QED) is 0.692. The first-order chi connectivity index (χ1) is 14.1. The van der Waals surface area contributed by atoms with E-state index in [9.17, 15) is 9.59 Å². The summed E-state index contributed by atoms with van der Waals surface area (Å²) in [5.41, 5.74) is 0.387. The van der Waals surface area contributed by atoms with Gasteiger partial charge in [-0.1, -0.05) is 0 Å². The number of hydrogen-bond acceptors (Lipinski definition) is 6. The fourth-order valence-electron chi connectivity index (χ4n) is 3.38. The summed E-state index contributed by atoms with van der Waals surface area (Å²) in [6.07, 6.45) is 3.61. The number of carbonyl (C=O) groups excluding carboxylic acids is 2. The van der Waals surface area contributed by atoms with Crippen molar-refractivity contribution in [3.05, 3.63) is 42.4 Å². The van der Waals surface area contributed by atoms with Gasteiger partial charge in [0.05, 0.1) is 32.7 Å². The number of anilines is 1. The van der Waals surface area contributed by atoms with Crippen LogP contribution in [0.25, 0.3) is 0 Å². The third-order valence-electron chi connectivity index (χ3n) is 5.08. The summed E-state index contributed by atoms with van der Waals surface area (Å²) >= 11 is 0. The van der Waals surface area contributed by atoms with Gasteiger partial charge in [-0.05, 0) is 56.1 Å². The minimum absolute atomic E-state index is 0.353. The van der Waals surface area contributed by atoms with E-state index in [0.29, 0.717) is 29.6 Å². The Bertz CT molecular complexity index is 814. The van der Waals surface area contributed by atoms with Gasteiger partial charge in [0.25, 0.3) is 0 Å². The van der Waals surface area contributed by atoms with E-state index in [1.165, 1.54) is 14.2 Å². The van der Waals surface area contributed by atoms with Crippen molar-refractivity contribution in [2.75, 3.05) is 39.2 Å². The Hall–Kier alpha value is -3.00. The molecule has 1 fully saturated rings. The first kappa shape index (κ1) is 20.7. The van der Waals surface area contributed by atoms with Crippen LogP contribution in [0.1, 0.15) is 18.6 Å². The van der Waals surface area contributed by atoms with Crippen molar-refractivity contribution in [2.24, 2.45) is 5.92 Å². The maximum atomic E-state index is 12.2. The number of furan rings is 1. The molecule has 1 aromatic carbocycles. The van der Waals surface area contributed by atoms with Gasteiger partial charge in [-0.15, -0.1) is 0 Å². The van der Waals surface area contributed by atoms with E-state index in [4.69, 9.17) is 13.9 Å². The summed E-state index contributed by atoms with van der Waals surface area (Å²) in [5, 5.41) is 5.32. The number of amides is 2. The van der Waals surface area contributed by atoms with Gasteiger partial charge in [-0.2, -0.15) is 0 Å². The molecule has 2 heterocycles. The number of methoxy groups -OCH3 is 2. The van der Waals surface area contributed by atoms with Gasteiger partial charge in [-0.25, -0.2) is 0 Å². The third kappa shape index (κ3) is 5.74. The second-order valence-corrected chi connectivity index (χ2v) is 7.03. The summed E-state index contributed by atoms with van der Waals surface area (Å²) < 4.78 is 15.8. The smallest absolute Gasteiger partial charge is 0.313 e. The van der Waals surface area contributed by atoms with Gasteiger partial charge >= 0.3 is 11.8 Å². The summed E-state index contributed by atoms with van der Waals surface area (Å²) in [6, 6.07) is 8.86. The molecule has 3 rings (SSSR count). The van der Waals surface area contributed by atoms with Crippen molar-refractivity contribution < 1.29 is 23.5 Å². The number of hydrogen-bond donors (Lipinski definition) is 2. The molecule has 2 N–H and O–H groups in total. The van der Waals surface area contributed by atoms with Crippen LogP contribution in [0.5, 0.6) is 11.5 Å². The lowest BCUT2D eigenvalue weighted by atomic mass is 9.96. The molecule has 0 aliphatic carbocycles. The fraction of sp³-hybridized carbons (Fsp3) is 0.429. The molecule has 8 heteroatoms. The van der Waals surface area contributed by atoms with E-state index < -0.39 is 11.8 Å². The Morgan fingerprint density at radius 2 is 1.93 bits per heavy atom. The zero-order valence-corrected chi connectivity index (χ0v) is 16.8. The standard InChI is InChI=1S/C21H27N3O5/c1-27-16-5-6-19(28-2)18(12-16)23-21(26)20(25)22-13-15-7-9-24(10-8-15)14-17-4-3-11-29-17/h3-6,11-12,15H,7-10,13-14H2,1-2H3,(H,22,25)(H,23,26). The molecule has 29 heavy (non-hydrogen) atoms. The van der Waals surface area contributed by atoms with Crippen molar-refractivity contribution in [3.63, 3.8) is 0 Å². The van der Waals surface area contributed by atoms with Crippen LogP contribution in [0, 0.1) is 5.92 Å². The van der Waals surface area contributed by atoms with Crippen molar-refractivity contribution in [1.29, 1.82) is 0 Å². The number of rotatable bonds is 7. The Kier molecular flexibility index (Phi) is 7.13. The lowest BCUT2D eigenvalue weighted by Gasteiger charge is -2.31. The fourth-order valence-corrected chi connectivity index (χ4v) is 3.38. The minimum Gasteiger partial charge on any atom is -0.497 e. The van der Waals surface area contributed by atoms with E-state index in [0.717, 1.165) is 38.2 Å². The van der Waals surface area contributed by atoms with Crippen LogP contribution in [-0.4, -0.2) is 50.6 Å². The van der Waals surface area contributed by atoms with Crippen LogP contribution >= 0.6 is 0 Å².